The van der Waals surface area contributed by atoms with E-state index in [1.54, 1.807) is 54.6 Å². The van der Waals surface area contributed by atoms with Crippen molar-refractivity contribution in [2.24, 2.45) is 0 Å². The predicted molar refractivity (Wildman–Crippen MR) is 291 cm³/mol. The number of carbonyl (C=O) groups excluding carboxylic acids is 6. The maximum absolute atomic E-state index is 12.8. The normalized spacial score (nSPS) is 21.4. The molecule has 6 amide bonds. The van der Waals surface area contributed by atoms with Crippen LogP contribution in [0.5, 0.6) is 34.5 Å². The summed E-state index contributed by atoms with van der Waals surface area (Å²) in [4.78, 5) is 69.9. The number of alkyl halides is 9. The number of ether oxygens (including phenoxy) is 6. The summed E-state index contributed by atoms with van der Waals surface area (Å²) in [6, 6.07) is 24.3. The van der Waals surface area contributed by atoms with Gasteiger partial charge in [-0.3, -0.25) is 30.3 Å². The molecule has 0 spiro atoms. The molecule has 15 nitrogen and oxygen atoms in total. The van der Waals surface area contributed by atoms with E-state index in [1.807, 2.05) is 0 Å². The first kappa shape index (κ1) is 61.9. The summed E-state index contributed by atoms with van der Waals surface area (Å²) >= 11 is 17.8. The zero-order valence-corrected chi connectivity index (χ0v) is 46.9. The van der Waals surface area contributed by atoms with Crippen molar-refractivity contribution in [2.45, 2.75) is 112 Å². The standard InChI is InChI=1S/3C20H15ClF3NO4/c3*21-15-9-11(20(22,23)24)4-7-16(15)28-12-5-6-13-10(8-12)2-1-3-14(13)17-18(26)25-19(27)29-17/h3*4-9,14,17H,1-3H2,(H,25,26,27)/t14-,17?;14-,17+;14-,17-/m111/s1. The van der Waals surface area contributed by atoms with E-state index in [0.29, 0.717) is 36.5 Å². The van der Waals surface area contributed by atoms with E-state index in [2.05, 4.69) is 16.0 Å². The monoisotopic (exact) mass is 1280 g/mol. The quantitative estimate of drug-likeness (QED) is 0.0917. The van der Waals surface area contributed by atoms with Gasteiger partial charge in [-0.2, -0.15) is 39.5 Å². The molecule has 12 rings (SSSR count). The number of amides is 6. The number of alkyl carbamates (subject to hydrolysis) is 3. The topological polar surface area (TPSA) is 194 Å². The van der Waals surface area contributed by atoms with Crippen LogP contribution in [0.4, 0.5) is 53.9 Å². The van der Waals surface area contributed by atoms with Crippen molar-refractivity contribution in [1.29, 1.82) is 0 Å². The fourth-order valence-electron chi connectivity index (χ4n) is 11.2. The van der Waals surface area contributed by atoms with Crippen LogP contribution in [0.2, 0.25) is 15.1 Å². The van der Waals surface area contributed by atoms with E-state index >= 15 is 0 Å². The molecule has 3 heterocycles. The summed E-state index contributed by atoms with van der Waals surface area (Å²) in [6.07, 6.45) is -11.6. The van der Waals surface area contributed by atoms with Crippen molar-refractivity contribution in [2.75, 3.05) is 0 Å². The molecule has 3 N–H and O–H groups in total. The summed E-state index contributed by atoms with van der Waals surface area (Å²) in [7, 11) is 0. The van der Waals surface area contributed by atoms with Crippen molar-refractivity contribution in [3.05, 3.63) is 174 Å². The van der Waals surface area contributed by atoms with Crippen LogP contribution >= 0.6 is 34.8 Å². The highest BCUT2D eigenvalue weighted by atomic mass is 35.5. The van der Waals surface area contributed by atoms with Crippen LogP contribution in [0.15, 0.2) is 109 Å². The van der Waals surface area contributed by atoms with E-state index in [4.69, 9.17) is 63.2 Å². The largest absolute Gasteiger partial charge is 0.456 e. The van der Waals surface area contributed by atoms with Gasteiger partial charge in [0.1, 0.15) is 34.5 Å². The van der Waals surface area contributed by atoms with E-state index in [0.717, 1.165) is 108 Å². The molecule has 3 aliphatic heterocycles. The minimum atomic E-state index is -4.49. The lowest BCUT2D eigenvalue weighted by molar-refractivity contribution is -0.138. The zero-order chi connectivity index (χ0) is 62.3. The van der Waals surface area contributed by atoms with Gasteiger partial charge in [0.25, 0.3) is 17.7 Å². The van der Waals surface area contributed by atoms with Gasteiger partial charge in [0.2, 0.25) is 0 Å². The maximum Gasteiger partial charge on any atom is 0.416 e. The number of benzene rings is 6. The lowest BCUT2D eigenvalue weighted by Crippen LogP contribution is -2.31. The molecule has 1 unspecified atom stereocenters. The Bertz CT molecular complexity index is 3350. The van der Waals surface area contributed by atoms with Gasteiger partial charge in [-0.15, -0.1) is 0 Å². The first-order chi connectivity index (χ1) is 41.2. The van der Waals surface area contributed by atoms with Crippen molar-refractivity contribution in [3.8, 4) is 34.5 Å². The molecule has 0 aromatic heterocycles. The average Bonchev–Trinajstić information content (AvgIpc) is 2.22. The van der Waals surface area contributed by atoms with Gasteiger partial charge in [0.05, 0.1) is 31.8 Å². The van der Waals surface area contributed by atoms with Crippen LogP contribution in [0, 0.1) is 0 Å². The second-order valence-corrected chi connectivity index (χ2v) is 22.0. The van der Waals surface area contributed by atoms with Gasteiger partial charge in [0, 0.05) is 17.8 Å². The highest BCUT2D eigenvalue weighted by Gasteiger charge is 2.44. The van der Waals surface area contributed by atoms with Crippen molar-refractivity contribution < 1.29 is 96.7 Å². The van der Waals surface area contributed by atoms with E-state index < -0.39 is 89.5 Å². The van der Waals surface area contributed by atoms with Crippen LogP contribution in [0.3, 0.4) is 0 Å². The number of nitrogens with one attached hydrogen (secondary N) is 3. The third-order valence-electron chi connectivity index (χ3n) is 15.1. The molecular weight excluding hydrogens is 1230 g/mol. The Morgan fingerprint density at radius 3 is 0.862 bits per heavy atom. The number of carbonyl (C=O) groups is 6. The Morgan fingerprint density at radius 2 is 0.644 bits per heavy atom. The Morgan fingerprint density at radius 1 is 0.379 bits per heavy atom. The predicted octanol–water partition coefficient (Wildman–Crippen LogP) is 15.6. The first-order valence-corrected chi connectivity index (χ1v) is 27.9. The molecule has 6 atom stereocenters. The molecule has 0 bridgehead atoms. The summed E-state index contributed by atoms with van der Waals surface area (Å²) in [5, 5.41) is 5.98. The molecule has 27 heteroatoms. The maximum atomic E-state index is 12.8. The highest BCUT2D eigenvalue weighted by Crippen LogP contribution is 2.45. The third kappa shape index (κ3) is 14.1. The molecule has 6 aromatic carbocycles. The Balaban J connectivity index is 0.000000144. The third-order valence-corrected chi connectivity index (χ3v) is 16.0. The van der Waals surface area contributed by atoms with Gasteiger partial charge in [-0.05, 0) is 182 Å². The van der Waals surface area contributed by atoms with Crippen molar-refractivity contribution >= 4 is 70.8 Å². The molecule has 0 radical (unpaired) electrons. The van der Waals surface area contributed by atoms with Crippen LogP contribution in [-0.2, 0) is 66.4 Å². The lowest BCUT2D eigenvalue weighted by atomic mass is 9.79. The highest BCUT2D eigenvalue weighted by molar-refractivity contribution is 6.32. The van der Waals surface area contributed by atoms with E-state index in [1.165, 1.54) is 18.2 Å². The average molecular weight is 1280 g/mol. The molecule has 87 heavy (non-hydrogen) atoms. The first-order valence-electron chi connectivity index (χ1n) is 26.7. The molecule has 3 fully saturated rings. The van der Waals surface area contributed by atoms with Gasteiger partial charge in [0.15, 0.2) is 18.3 Å². The smallest absolute Gasteiger partial charge is 0.416 e. The van der Waals surface area contributed by atoms with Crippen molar-refractivity contribution in [3.63, 3.8) is 0 Å². The number of halogens is 12. The van der Waals surface area contributed by atoms with Gasteiger partial charge >= 0.3 is 36.8 Å². The molecule has 3 saturated heterocycles. The Kier molecular flexibility index (Phi) is 17.7. The summed E-state index contributed by atoms with van der Waals surface area (Å²) in [6.45, 7) is 0. The molecular formula is C60H45Cl3F9N3O12. The van der Waals surface area contributed by atoms with Crippen LogP contribution < -0.4 is 30.2 Å². The van der Waals surface area contributed by atoms with Gasteiger partial charge in [-0.1, -0.05) is 53.0 Å². The molecule has 3 aliphatic carbocycles. The molecule has 0 saturated carbocycles. The van der Waals surface area contributed by atoms with Crippen LogP contribution in [0.1, 0.15) is 106 Å². The van der Waals surface area contributed by atoms with Crippen LogP contribution in [0.25, 0.3) is 0 Å². The number of fused-ring (bicyclic) bond motifs is 3. The van der Waals surface area contributed by atoms with Crippen LogP contribution in [-0.4, -0.2) is 54.3 Å². The molecule has 6 aliphatic rings. The summed E-state index contributed by atoms with van der Waals surface area (Å²) in [5.74, 6) is -0.559. The minimum absolute atomic E-state index is 0.107. The molecule has 456 valence electrons. The minimum Gasteiger partial charge on any atom is -0.456 e. The SMILES string of the molecule is O=C1NC(=O)C([C@@H]2CCCc3cc(Oc4ccc(C(F)(F)F)cc4Cl)ccc32)O1.O=C1NC(=O)[C@@H]([C@@H]2CCCc3cc(Oc4ccc(C(F)(F)F)cc4Cl)ccc32)O1.O=C1NC(=O)[C@H]([C@@H]2CCCc3cc(Oc4ccc(C(F)(F)F)cc4Cl)ccc32)O1. The number of hydrogen-bond acceptors (Lipinski definition) is 12. The zero-order valence-electron chi connectivity index (χ0n) is 44.7. The second-order valence-electron chi connectivity index (χ2n) is 20.8. The van der Waals surface area contributed by atoms with E-state index in [9.17, 15) is 68.3 Å². The number of hydrogen-bond donors (Lipinski definition) is 3. The summed E-state index contributed by atoms with van der Waals surface area (Å²) < 4.78 is 147. The summed E-state index contributed by atoms with van der Waals surface area (Å²) in [5.41, 5.74) is 2.88. The van der Waals surface area contributed by atoms with Gasteiger partial charge < -0.3 is 28.4 Å². The second kappa shape index (κ2) is 24.9. The van der Waals surface area contributed by atoms with Crippen molar-refractivity contribution in [1.82, 2.24) is 16.0 Å². The number of rotatable bonds is 9. The Labute approximate surface area is 502 Å². The van der Waals surface area contributed by atoms with E-state index in [-0.39, 0.29) is 50.1 Å². The number of aryl methyl sites for hydroxylation is 3. The lowest BCUT2D eigenvalue weighted by Gasteiger charge is -2.28. The number of cyclic esters (lactones) is 3. The Hall–Kier alpha value is -8.22. The van der Waals surface area contributed by atoms with Gasteiger partial charge in [-0.25, -0.2) is 14.4 Å². The number of imide groups is 3. The molecule has 6 aromatic rings. The fourth-order valence-corrected chi connectivity index (χ4v) is 11.8. The fraction of sp³-hybridized carbons (Fsp3) is 0.300.